The van der Waals surface area contributed by atoms with Crippen molar-refractivity contribution in [2.24, 2.45) is 0 Å². The fourth-order valence-electron chi connectivity index (χ4n) is 2.93. The highest BCUT2D eigenvalue weighted by atomic mass is 19.2. The van der Waals surface area contributed by atoms with Gasteiger partial charge >= 0.3 is 0 Å². The Hall–Kier alpha value is -2.13. The summed E-state index contributed by atoms with van der Waals surface area (Å²) in [5, 5.41) is 5.43. The first-order valence-electron chi connectivity index (χ1n) is 9.06. The fraction of sp³-hybridized carbons (Fsp3) is 0.556. The fourth-order valence-corrected chi connectivity index (χ4v) is 2.93. The van der Waals surface area contributed by atoms with E-state index in [4.69, 9.17) is 0 Å². The zero-order valence-electron chi connectivity index (χ0n) is 15.4. The van der Waals surface area contributed by atoms with Gasteiger partial charge in [-0.3, -0.25) is 14.5 Å². The summed E-state index contributed by atoms with van der Waals surface area (Å²) in [6.45, 7) is 5.73. The van der Waals surface area contributed by atoms with E-state index in [-0.39, 0.29) is 18.9 Å². The van der Waals surface area contributed by atoms with Gasteiger partial charge in [0.15, 0.2) is 17.5 Å². The topological polar surface area (TPSA) is 64.7 Å². The minimum Gasteiger partial charge on any atom is -0.340 e. The highest BCUT2D eigenvalue weighted by molar-refractivity contribution is 5.92. The van der Waals surface area contributed by atoms with E-state index in [0.717, 1.165) is 31.6 Å². The number of benzene rings is 1. The number of hydrogen-bond acceptors (Lipinski definition) is 4. The molecule has 6 nitrogen and oxygen atoms in total. The molecule has 9 heteroatoms. The number of rotatable bonds is 8. The van der Waals surface area contributed by atoms with Crippen LogP contribution in [0.2, 0.25) is 0 Å². The number of halogens is 3. The van der Waals surface area contributed by atoms with Crippen molar-refractivity contribution in [1.29, 1.82) is 0 Å². The lowest BCUT2D eigenvalue weighted by atomic mass is 10.2. The Morgan fingerprint density at radius 2 is 1.85 bits per heavy atom. The first-order chi connectivity index (χ1) is 12.9. The molecule has 0 spiro atoms. The number of amides is 2. The van der Waals surface area contributed by atoms with Crippen molar-refractivity contribution < 1.29 is 22.8 Å². The minimum absolute atomic E-state index is 0.0321. The van der Waals surface area contributed by atoms with Crippen molar-refractivity contribution in [2.75, 3.05) is 51.1 Å². The van der Waals surface area contributed by atoms with Crippen LogP contribution < -0.4 is 10.6 Å². The average molecular weight is 386 g/mol. The molecule has 1 aliphatic rings. The summed E-state index contributed by atoms with van der Waals surface area (Å²) in [6.07, 6.45) is 1.06. The molecule has 0 aliphatic carbocycles. The first-order valence-corrected chi connectivity index (χ1v) is 9.06. The van der Waals surface area contributed by atoms with Crippen molar-refractivity contribution in [2.45, 2.75) is 19.8 Å². The molecule has 1 aromatic rings. The molecule has 0 bridgehead atoms. The van der Waals surface area contributed by atoms with E-state index in [1.807, 2.05) is 6.92 Å². The minimum atomic E-state index is -1.63. The molecule has 2 N–H and O–H groups in total. The predicted molar refractivity (Wildman–Crippen MR) is 95.7 cm³/mol. The third-order valence-corrected chi connectivity index (χ3v) is 4.33. The van der Waals surface area contributed by atoms with E-state index in [9.17, 15) is 22.8 Å². The number of carbonyl (C=O) groups is 2. The second-order valence-corrected chi connectivity index (χ2v) is 6.43. The van der Waals surface area contributed by atoms with E-state index < -0.39 is 29.0 Å². The molecular formula is C18H25F3N4O2. The number of nitrogens with zero attached hydrogens (tertiary/aromatic N) is 2. The van der Waals surface area contributed by atoms with Crippen molar-refractivity contribution >= 4 is 17.5 Å². The normalized spacial score (nSPS) is 14.5. The van der Waals surface area contributed by atoms with Gasteiger partial charge in [0.1, 0.15) is 0 Å². The lowest BCUT2D eigenvalue weighted by molar-refractivity contribution is -0.132. The van der Waals surface area contributed by atoms with E-state index in [1.54, 1.807) is 9.80 Å². The largest absolute Gasteiger partial charge is 0.340 e. The maximum Gasteiger partial charge on any atom is 0.238 e. The van der Waals surface area contributed by atoms with Crippen LogP contribution in [0.3, 0.4) is 0 Å². The van der Waals surface area contributed by atoms with Crippen LogP contribution in [0.25, 0.3) is 0 Å². The van der Waals surface area contributed by atoms with Crippen LogP contribution >= 0.6 is 0 Å². The third kappa shape index (κ3) is 6.21. The highest BCUT2D eigenvalue weighted by Gasteiger charge is 2.19. The molecule has 1 saturated heterocycles. The maximum atomic E-state index is 13.7. The van der Waals surface area contributed by atoms with Gasteiger partial charge in [0.2, 0.25) is 11.8 Å². The van der Waals surface area contributed by atoms with Crippen molar-refractivity contribution in [3.8, 4) is 0 Å². The number of carbonyl (C=O) groups excluding carboxylic acids is 2. The van der Waals surface area contributed by atoms with Crippen LogP contribution in [0.15, 0.2) is 12.1 Å². The highest BCUT2D eigenvalue weighted by Crippen LogP contribution is 2.19. The molecule has 27 heavy (non-hydrogen) atoms. The molecule has 1 fully saturated rings. The summed E-state index contributed by atoms with van der Waals surface area (Å²) < 4.78 is 39.9. The molecule has 0 unspecified atom stereocenters. The number of hydrogen-bond donors (Lipinski definition) is 2. The van der Waals surface area contributed by atoms with E-state index >= 15 is 0 Å². The number of piperazine rings is 1. The number of anilines is 1. The summed E-state index contributed by atoms with van der Waals surface area (Å²) in [7, 11) is 0. The Bertz CT molecular complexity index is 666. The molecular weight excluding hydrogens is 361 g/mol. The molecule has 0 radical (unpaired) electrons. The van der Waals surface area contributed by atoms with Gasteiger partial charge in [-0.25, -0.2) is 13.2 Å². The number of nitrogens with one attached hydrogen (secondary N) is 2. The predicted octanol–water partition coefficient (Wildman–Crippen LogP) is 1.58. The maximum absolute atomic E-state index is 13.7. The molecule has 1 aliphatic heterocycles. The van der Waals surface area contributed by atoms with E-state index in [0.29, 0.717) is 26.2 Å². The Morgan fingerprint density at radius 1 is 1.15 bits per heavy atom. The summed E-state index contributed by atoms with van der Waals surface area (Å²) in [6, 6.07) is 1.73. The molecule has 1 aromatic carbocycles. The summed E-state index contributed by atoms with van der Waals surface area (Å²) in [5.41, 5.74) is -0.410. The standard InChI is InChI=1S/C18H25F3N4O2/c1-2-8-24(9-5-16(27)25-10-6-22-7-11-25)12-15(26)23-14-4-3-13(19)17(20)18(14)21/h3-4,22H,2,5-12H2,1H3,(H,23,26). The second kappa shape index (κ2) is 10.3. The first kappa shape index (κ1) is 21.2. The summed E-state index contributed by atoms with van der Waals surface area (Å²) in [5.74, 6) is -4.89. The van der Waals surface area contributed by atoms with Gasteiger partial charge < -0.3 is 15.5 Å². The monoisotopic (exact) mass is 386 g/mol. The SMILES string of the molecule is CCCN(CCC(=O)N1CCNCC1)CC(=O)Nc1ccc(F)c(F)c1F. The van der Waals surface area contributed by atoms with Gasteiger partial charge in [0.05, 0.1) is 12.2 Å². The summed E-state index contributed by atoms with van der Waals surface area (Å²) in [4.78, 5) is 28.0. The Labute approximate surface area is 156 Å². The molecule has 150 valence electrons. The van der Waals surface area contributed by atoms with Crippen LogP contribution in [0, 0.1) is 17.5 Å². The van der Waals surface area contributed by atoms with Crippen molar-refractivity contribution in [3.63, 3.8) is 0 Å². The lowest BCUT2D eigenvalue weighted by Gasteiger charge is -2.28. The second-order valence-electron chi connectivity index (χ2n) is 6.43. The van der Waals surface area contributed by atoms with Gasteiger partial charge in [0.25, 0.3) is 0 Å². The lowest BCUT2D eigenvalue weighted by Crippen LogP contribution is -2.47. The quantitative estimate of drug-likeness (QED) is 0.666. The molecule has 1 heterocycles. The molecule has 0 atom stereocenters. The zero-order valence-corrected chi connectivity index (χ0v) is 15.4. The average Bonchev–Trinajstić information content (AvgIpc) is 2.67. The Kier molecular flexibility index (Phi) is 8.05. The van der Waals surface area contributed by atoms with Crippen LogP contribution in [0.5, 0.6) is 0 Å². The smallest absolute Gasteiger partial charge is 0.238 e. The van der Waals surface area contributed by atoms with Crippen LogP contribution in [0.1, 0.15) is 19.8 Å². The van der Waals surface area contributed by atoms with Crippen molar-refractivity contribution in [1.82, 2.24) is 15.1 Å². The molecule has 0 saturated carbocycles. The van der Waals surface area contributed by atoms with E-state index in [2.05, 4.69) is 10.6 Å². The Balaban J connectivity index is 1.88. The Morgan fingerprint density at radius 3 is 2.52 bits per heavy atom. The van der Waals surface area contributed by atoms with Gasteiger partial charge in [0, 0.05) is 39.1 Å². The van der Waals surface area contributed by atoms with Gasteiger partial charge in [-0.15, -0.1) is 0 Å². The molecule has 0 aromatic heterocycles. The van der Waals surface area contributed by atoms with Crippen LogP contribution in [-0.2, 0) is 9.59 Å². The third-order valence-electron chi connectivity index (χ3n) is 4.33. The van der Waals surface area contributed by atoms with Crippen LogP contribution in [0.4, 0.5) is 18.9 Å². The summed E-state index contributed by atoms with van der Waals surface area (Å²) >= 11 is 0. The van der Waals surface area contributed by atoms with E-state index in [1.165, 1.54) is 0 Å². The molecule has 2 amide bonds. The van der Waals surface area contributed by atoms with Crippen molar-refractivity contribution in [3.05, 3.63) is 29.6 Å². The molecule has 2 rings (SSSR count). The van der Waals surface area contributed by atoms with Gasteiger partial charge in [-0.1, -0.05) is 6.92 Å². The zero-order chi connectivity index (χ0) is 19.8. The van der Waals surface area contributed by atoms with Gasteiger partial charge in [-0.2, -0.15) is 0 Å². The van der Waals surface area contributed by atoms with Gasteiger partial charge in [-0.05, 0) is 25.1 Å². The van der Waals surface area contributed by atoms with Crippen LogP contribution in [-0.4, -0.2) is 67.4 Å².